The van der Waals surface area contributed by atoms with Gasteiger partial charge < -0.3 is 10.8 Å². The maximum atomic E-state index is 12.4. The number of rotatable bonds is 3. The lowest BCUT2D eigenvalue weighted by Gasteiger charge is -2.09. The Balaban J connectivity index is 3.24. The van der Waals surface area contributed by atoms with Crippen molar-refractivity contribution in [2.24, 2.45) is 5.73 Å². The van der Waals surface area contributed by atoms with Crippen molar-refractivity contribution in [1.82, 2.24) is 4.98 Å². The summed E-state index contributed by atoms with van der Waals surface area (Å²) >= 11 is 5.56. The Morgan fingerprint density at radius 3 is 2.57 bits per heavy atom. The zero-order valence-corrected chi connectivity index (χ0v) is 7.93. The molecule has 0 aromatic carbocycles. The second-order valence-electron chi connectivity index (χ2n) is 2.65. The van der Waals surface area contributed by atoms with Gasteiger partial charge >= 0.3 is 0 Å². The first-order chi connectivity index (χ1) is 6.60. The van der Waals surface area contributed by atoms with Crippen LogP contribution in [0.1, 0.15) is 23.2 Å². The zero-order valence-electron chi connectivity index (χ0n) is 7.17. The molecule has 14 heavy (non-hydrogen) atoms. The molecule has 0 saturated heterocycles. The molecule has 6 heteroatoms. The van der Waals surface area contributed by atoms with Crippen molar-refractivity contribution in [1.29, 1.82) is 0 Å². The predicted molar refractivity (Wildman–Crippen MR) is 48.0 cm³/mol. The van der Waals surface area contributed by atoms with Crippen LogP contribution in [0.5, 0.6) is 0 Å². The fourth-order valence-corrected chi connectivity index (χ4v) is 1.26. The summed E-state index contributed by atoms with van der Waals surface area (Å²) in [6, 6.07) is 1.34. The molecular formula is C8H9ClF2N2O. The number of nitrogens with two attached hydrogens (primary N) is 1. The molecule has 0 fully saturated rings. The average Bonchev–Trinajstić information content (AvgIpc) is 2.17. The Morgan fingerprint density at radius 1 is 1.50 bits per heavy atom. The van der Waals surface area contributed by atoms with Crippen LogP contribution >= 0.6 is 11.6 Å². The molecule has 0 spiro atoms. The lowest BCUT2D eigenvalue weighted by molar-refractivity contribution is 0.144. The molecule has 0 aliphatic heterocycles. The summed E-state index contributed by atoms with van der Waals surface area (Å²) < 4.78 is 24.8. The second-order valence-corrected chi connectivity index (χ2v) is 3.00. The minimum absolute atomic E-state index is 0.0587. The quantitative estimate of drug-likeness (QED) is 0.765. The molecule has 0 atom stereocenters. The molecule has 3 N–H and O–H groups in total. The van der Waals surface area contributed by atoms with E-state index >= 15 is 0 Å². The molecule has 0 aliphatic rings. The number of hydrogen-bond donors (Lipinski definition) is 2. The van der Waals surface area contributed by atoms with Crippen molar-refractivity contribution in [2.75, 3.05) is 0 Å². The van der Waals surface area contributed by atoms with Crippen LogP contribution in [0.15, 0.2) is 6.07 Å². The highest BCUT2D eigenvalue weighted by Crippen LogP contribution is 2.25. The molecule has 0 aliphatic carbocycles. The van der Waals surface area contributed by atoms with Gasteiger partial charge in [-0.1, -0.05) is 11.6 Å². The highest BCUT2D eigenvalue weighted by molar-refractivity contribution is 6.30. The maximum Gasteiger partial charge on any atom is 0.280 e. The monoisotopic (exact) mass is 222 g/mol. The standard InChI is InChI=1S/C8H9ClF2N2O/c9-7-5(3-14)1-4(2-12)6(13-7)8(10)11/h1,8,14H,2-3,12H2. The summed E-state index contributed by atoms with van der Waals surface area (Å²) in [6.07, 6.45) is -2.71. The fraction of sp³-hybridized carbons (Fsp3) is 0.375. The first-order valence-corrected chi connectivity index (χ1v) is 4.25. The highest BCUT2D eigenvalue weighted by atomic mass is 35.5. The first-order valence-electron chi connectivity index (χ1n) is 3.87. The van der Waals surface area contributed by atoms with E-state index in [4.69, 9.17) is 22.4 Å². The van der Waals surface area contributed by atoms with Crippen molar-refractivity contribution in [3.63, 3.8) is 0 Å². The van der Waals surface area contributed by atoms with E-state index in [1.807, 2.05) is 0 Å². The van der Waals surface area contributed by atoms with Crippen LogP contribution in [0.3, 0.4) is 0 Å². The van der Waals surface area contributed by atoms with E-state index in [0.717, 1.165) is 0 Å². The number of hydrogen-bond acceptors (Lipinski definition) is 3. The molecule has 1 rings (SSSR count). The van der Waals surface area contributed by atoms with Crippen LogP contribution < -0.4 is 5.73 Å². The third-order valence-corrected chi connectivity index (χ3v) is 2.09. The number of aliphatic hydroxyl groups is 1. The number of nitrogens with zero attached hydrogens (tertiary/aromatic N) is 1. The molecule has 0 saturated carbocycles. The summed E-state index contributed by atoms with van der Waals surface area (Å²) in [7, 11) is 0. The Hall–Kier alpha value is -0.780. The summed E-state index contributed by atoms with van der Waals surface area (Å²) in [5.41, 5.74) is 5.35. The van der Waals surface area contributed by atoms with Crippen LogP contribution in [0, 0.1) is 0 Å². The highest BCUT2D eigenvalue weighted by Gasteiger charge is 2.16. The van der Waals surface area contributed by atoms with E-state index in [0.29, 0.717) is 5.56 Å². The number of halogens is 3. The lowest BCUT2D eigenvalue weighted by Crippen LogP contribution is -2.06. The molecule has 0 bridgehead atoms. The topological polar surface area (TPSA) is 59.1 Å². The summed E-state index contributed by atoms with van der Waals surface area (Å²) in [4.78, 5) is 3.49. The summed E-state index contributed by atoms with van der Waals surface area (Å²) in [6.45, 7) is -0.404. The van der Waals surface area contributed by atoms with Gasteiger partial charge in [-0.2, -0.15) is 0 Å². The van der Waals surface area contributed by atoms with Crippen molar-refractivity contribution in [2.45, 2.75) is 19.6 Å². The smallest absolute Gasteiger partial charge is 0.280 e. The van der Waals surface area contributed by atoms with E-state index in [9.17, 15) is 8.78 Å². The van der Waals surface area contributed by atoms with Crippen molar-refractivity contribution in [3.8, 4) is 0 Å². The molecule has 1 aromatic heterocycles. The van der Waals surface area contributed by atoms with Crippen molar-refractivity contribution in [3.05, 3.63) is 28.0 Å². The Morgan fingerprint density at radius 2 is 2.14 bits per heavy atom. The van der Waals surface area contributed by atoms with Crippen LogP contribution in [0.25, 0.3) is 0 Å². The number of aromatic nitrogens is 1. The van der Waals surface area contributed by atoms with Gasteiger partial charge in [0, 0.05) is 12.1 Å². The van der Waals surface area contributed by atoms with Gasteiger partial charge in [-0.25, -0.2) is 13.8 Å². The molecular weight excluding hydrogens is 214 g/mol. The SMILES string of the molecule is NCc1cc(CO)c(Cl)nc1C(F)F. The predicted octanol–water partition coefficient (Wildman–Crippen LogP) is 1.62. The normalized spacial score (nSPS) is 11.0. The van der Waals surface area contributed by atoms with E-state index in [1.54, 1.807) is 0 Å². The first kappa shape index (κ1) is 11.3. The largest absolute Gasteiger partial charge is 0.392 e. The van der Waals surface area contributed by atoms with Crippen LogP contribution in [0.2, 0.25) is 5.15 Å². The van der Waals surface area contributed by atoms with Gasteiger partial charge in [0.25, 0.3) is 6.43 Å². The summed E-state index contributed by atoms with van der Waals surface area (Å²) in [5, 5.41) is 8.70. The minimum Gasteiger partial charge on any atom is -0.392 e. The maximum absolute atomic E-state index is 12.4. The summed E-state index contributed by atoms with van der Waals surface area (Å²) in [5.74, 6) is 0. The molecule has 1 heterocycles. The van der Waals surface area contributed by atoms with Crippen molar-refractivity contribution >= 4 is 11.6 Å². The number of aliphatic hydroxyl groups excluding tert-OH is 1. The van der Waals surface area contributed by atoms with Crippen LogP contribution in [0.4, 0.5) is 8.78 Å². The van der Waals surface area contributed by atoms with Gasteiger partial charge in [0.2, 0.25) is 0 Å². The molecule has 0 radical (unpaired) electrons. The number of alkyl halides is 2. The second kappa shape index (κ2) is 4.63. The van der Waals surface area contributed by atoms with Gasteiger partial charge in [-0.3, -0.25) is 0 Å². The Labute approximate surface area is 84.5 Å². The molecule has 3 nitrogen and oxygen atoms in total. The Bertz CT molecular complexity index is 333. The Kier molecular flexibility index (Phi) is 3.74. The van der Waals surface area contributed by atoms with E-state index in [2.05, 4.69) is 4.98 Å². The minimum atomic E-state index is -2.71. The third-order valence-electron chi connectivity index (χ3n) is 1.76. The lowest BCUT2D eigenvalue weighted by atomic mass is 10.1. The van der Waals surface area contributed by atoms with Crippen molar-refractivity contribution < 1.29 is 13.9 Å². The molecule has 0 amide bonds. The fourth-order valence-electron chi connectivity index (χ4n) is 1.06. The molecule has 0 unspecified atom stereocenters. The van der Waals surface area contributed by atoms with Gasteiger partial charge in [0.05, 0.1) is 6.61 Å². The van der Waals surface area contributed by atoms with Gasteiger partial charge in [0.15, 0.2) is 0 Å². The molecule has 1 aromatic rings. The van der Waals surface area contributed by atoms with Gasteiger partial charge in [-0.05, 0) is 11.6 Å². The average molecular weight is 223 g/mol. The van der Waals surface area contributed by atoms with Crippen LogP contribution in [-0.4, -0.2) is 10.1 Å². The zero-order chi connectivity index (χ0) is 10.7. The number of pyridine rings is 1. The van der Waals surface area contributed by atoms with E-state index in [1.165, 1.54) is 6.07 Å². The van der Waals surface area contributed by atoms with Crippen LogP contribution in [-0.2, 0) is 13.2 Å². The van der Waals surface area contributed by atoms with E-state index < -0.39 is 12.1 Å². The third kappa shape index (κ3) is 2.17. The van der Waals surface area contributed by atoms with Gasteiger partial charge in [-0.15, -0.1) is 0 Å². The van der Waals surface area contributed by atoms with E-state index in [-0.39, 0.29) is 23.9 Å². The molecule has 78 valence electrons. The van der Waals surface area contributed by atoms with Gasteiger partial charge in [0.1, 0.15) is 10.8 Å².